The fraction of sp³-hybridized carbons (Fsp3) is 0.308. The molecule has 0 aromatic heterocycles. The van der Waals surface area contributed by atoms with E-state index in [2.05, 4.69) is 138 Å². The van der Waals surface area contributed by atoms with Gasteiger partial charge in [-0.2, -0.15) is 0 Å². The Labute approximate surface area is 272 Å². The quantitative estimate of drug-likeness (QED) is 0.394. The maximum atomic E-state index is 2.75. The monoisotopic (exact) mass is 668 g/mol. The van der Waals surface area contributed by atoms with E-state index >= 15 is 0 Å². The van der Waals surface area contributed by atoms with E-state index in [1.54, 1.807) is 14.4 Å². The molecule has 0 radical (unpaired) electrons. The molecule has 3 heteroatoms. The van der Waals surface area contributed by atoms with Crippen LogP contribution in [0.25, 0.3) is 22.3 Å². The first kappa shape index (κ1) is 31.4. The van der Waals surface area contributed by atoms with Crippen LogP contribution < -0.4 is 24.8 Å². The van der Waals surface area contributed by atoms with Gasteiger partial charge in [0, 0.05) is 0 Å². The first-order valence-corrected chi connectivity index (χ1v) is 19.0. The van der Waals surface area contributed by atoms with Crippen LogP contribution in [0.2, 0.25) is 0 Å². The van der Waals surface area contributed by atoms with Gasteiger partial charge in [0.1, 0.15) is 0 Å². The predicted molar refractivity (Wildman–Crippen MR) is 170 cm³/mol. The van der Waals surface area contributed by atoms with E-state index < -0.39 is 21.3 Å². The van der Waals surface area contributed by atoms with Gasteiger partial charge in [-0.3, -0.25) is 0 Å². The Morgan fingerprint density at radius 3 is 1.64 bits per heavy atom. The van der Waals surface area contributed by atoms with Crippen molar-refractivity contribution in [3.63, 3.8) is 0 Å². The number of hydrogen-bond donors (Lipinski definition) is 0. The molecule has 0 N–H and O–H groups in total. The molecule has 0 fully saturated rings. The van der Waals surface area contributed by atoms with Gasteiger partial charge in [-0.05, 0) is 0 Å². The SMILES string of the molecule is CC1=CC(C)[C](/[Zr+2](=[CH]\c2ccccc2)[CH]2c3cc4c(cc3-c3cc5c(cc32)C(C)(C)C=C5C)C(C)=CC4(C)C)=C1.[Cl-].[Cl-]. The van der Waals surface area contributed by atoms with E-state index in [-0.39, 0.29) is 35.6 Å². The summed E-state index contributed by atoms with van der Waals surface area (Å²) < 4.78 is 4.96. The van der Waals surface area contributed by atoms with Crippen molar-refractivity contribution in [3.8, 4) is 11.1 Å². The number of allylic oxidation sites excluding steroid dienone is 8. The normalized spacial score (nSPS) is 20.3. The van der Waals surface area contributed by atoms with Crippen LogP contribution in [0, 0.1) is 5.92 Å². The average Bonchev–Trinajstić information content (AvgIpc) is 3.54. The molecule has 0 amide bonds. The van der Waals surface area contributed by atoms with Crippen LogP contribution in [-0.2, 0) is 32.1 Å². The van der Waals surface area contributed by atoms with Crippen molar-refractivity contribution < 1.29 is 46.1 Å². The van der Waals surface area contributed by atoms with Gasteiger partial charge < -0.3 is 24.8 Å². The summed E-state index contributed by atoms with van der Waals surface area (Å²) in [7, 11) is 0. The van der Waals surface area contributed by atoms with Gasteiger partial charge >= 0.3 is 250 Å². The first-order chi connectivity index (χ1) is 18.9. The van der Waals surface area contributed by atoms with Gasteiger partial charge in [0.25, 0.3) is 0 Å². The molecule has 1 unspecified atom stereocenters. The summed E-state index contributed by atoms with van der Waals surface area (Å²) in [6.45, 7) is 18.9. The molecule has 214 valence electrons. The van der Waals surface area contributed by atoms with Crippen LogP contribution in [0.3, 0.4) is 0 Å². The average molecular weight is 671 g/mol. The molecule has 1 atom stereocenters. The van der Waals surface area contributed by atoms with Crippen molar-refractivity contribution in [1.82, 2.24) is 0 Å². The molecule has 3 aromatic carbocycles. The first-order valence-electron chi connectivity index (χ1n) is 14.9. The predicted octanol–water partition coefficient (Wildman–Crippen LogP) is 4.10. The summed E-state index contributed by atoms with van der Waals surface area (Å²) in [5, 5.41) is 0. The fourth-order valence-corrected chi connectivity index (χ4v) is 16.4. The third-order valence-electron chi connectivity index (χ3n) is 9.84. The Kier molecular flexibility index (Phi) is 8.10. The summed E-state index contributed by atoms with van der Waals surface area (Å²) in [6.07, 6.45) is 10.0. The zero-order chi connectivity index (χ0) is 28.1. The molecule has 7 rings (SSSR count). The third-order valence-corrected chi connectivity index (χ3v) is 17.6. The maximum Gasteiger partial charge on any atom is -1.00 e. The Morgan fingerprint density at radius 2 is 1.19 bits per heavy atom. The third kappa shape index (κ3) is 4.80. The number of fused-ring (bicyclic) bond motifs is 5. The molecule has 4 aliphatic rings. The number of rotatable bonds is 3. The fourth-order valence-electron chi connectivity index (χ4n) is 8.11. The molecule has 0 saturated carbocycles. The molecule has 0 spiro atoms. The summed E-state index contributed by atoms with van der Waals surface area (Å²) in [4.78, 5) is 0. The molecular formula is C39H40Cl2Zr. The second-order valence-corrected chi connectivity index (χ2v) is 19.6. The Hall–Kier alpha value is -2.05. The van der Waals surface area contributed by atoms with Crippen LogP contribution >= 0.6 is 0 Å². The summed E-state index contributed by atoms with van der Waals surface area (Å²) in [5.74, 6) is 0.520. The van der Waals surface area contributed by atoms with Crippen molar-refractivity contribution in [1.29, 1.82) is 0 Å². The van der Waals surface area contributed by atoms with Crippen LogP contribution in [-0.4, -0.2) is 3.71 Å². The van der Waals surface area contributed by atoms with Gasteiger partial charge in [0.05, 0.1) is 0 Å². The molecule has 0 nitrogen and oxygen atoms in total. The van der Waals surface area contributed by atoms with Crippen molar-refractivity contribution >= 4 is 14.9 Å². The number of benzene rings is 3. The Bertz CT molecular complexity index is 1690. The largest absolute Gasteiger partial charge is 1.00 e. The molecule has 0 aliphatic heterocycles. The molecule has 0 bridgehead atoms. The second kappa shape index (κ2) is 10.8. The van der Waals surface area contributed by atoms with E-state index in [1.807, 2.05) is 0 Å². The van der Waals surface area contributed by atoms with Crippen molar-refractivity contribution in [2.45, 2.75) is 69.8 Å². The van der Waals surface area contributed by atoms with Crippen molar-refractivity contribution in [2.24, 2.45) is 5.92 Å². The van der Waals surface area contributed by atoms with Gasteiger partial charge in [-0.15, -0.1) is 0 Å². The van der Waals surface area contributed by atoms with Gasteiger partial charge in [-0.1, -0.05) is 0 Å². The summed E-state index contributed by atoms with van der Waals surface area (Å²) >= 11 is -2.46. The van der Waals surface area contributed by atoms with E-state index in [0.29, 0.717) is 9.54 Å². The topological polar surface area (TPSA) is 0 Å². The van der Waals surface area contributed by atoms with E-state index in [4.69, 9.17) is 0 Å². The minimum absolute atomic E-state index is 0. The molecule has 3 aromatic rings. The standard InChI is InChI=1S/C25H25.C7H9.C7H6.2ClH.Zr/c1-14-12-24(3,4)22-8-16-7-17-9-23-19(15(2)13-25(23,5)6)11-21(17)20(16)10-18(14)22;1-6-3-4-7(2)5-6;1-7-5-3-2-4-6-7;;;/h7-13H,1-6H3;3,5,7H,1-2H3;1-6H;2*1H;/q;;;;;+2/p-2. The van der Waals surface area contributed by atoms with E-state index in [9.17, 15) is 0 Å². The summed E-state index contributed by atoms with van der Waals surface area (Å²) in [6, 6.07) is 21.6. The smallest absolute Gasteiger partial charge is 1.00 e. The van der Waals surface area contributed by atoms with Gasteiger partial charge in [0.15, 0.2) is 0 Å². The van der Waals surface area contributed by atoms with E-state index in [1.165, 1.54) is 55.7 Å². The number of halogens is 2. The molecule has 0 saturated heterocycles. The zero-order valence-corrected chi connectivity index (χ0v) is 30.0. The second-order valence-electron chi connectivity index (χ2n) is 13.8. The summed E-state index contributed by atoms with van der Waals surface area (Å²) in [5.41, 5.74) is 17.9. The Morgan fingerprint density at radius 1 is 0.690 bits per heavy atom. The van der Waals surface area contributed by atoms with Crippen LogP contribution in [0.5, 0.6) is 0 Å². The van der Waals surface area contributed by atoms with Crippen molar-refractivity contribution in [2.75, 3.05) is 0 Å². The molecular weight excluding hydrogens is 631 g/mol. The number of hydrogen-bond acceptors (Lipinski definition) is 0. The molecule has 0 heterocycles. The van der Waals surface area contributed by atoms with Crippen LogP contribution in [0.1, 0.15) is 98.0 Å². The Balaban J connectivity index is 0.00000176. The minimum Gasteiger partial charge on any atom is -1.00 e. The van der Waals surface area contributed by atoms with Crippen LogP contribution in [0.4, 0.5) is 0 Å². The minimum atomic E-state index is -2.46. The van der Waals surface area contributed by atoms with E-state index in [0.717, 1.165) is 0 Å². The van der Waals surface area contributed by atoms with Crippen molar-refractivity contribution in [3.05, 3.63) is 127 Å². The van der Waals surface area contributed by atoms with Gasteiger partial charge in [0.2, 0.25) is 0 Å². The molecule has 4 aliphatic carbocycles. The van der Waals surface area contributed by atoms with Gasteiger partial charge in [-0.25, -0.2) is 0 Å². The van der Waals surface area contributed by atoms with Crippen LogP contribution in [0.15, 0.2) is 87.8 Å². The maximum absolute atomic E-state index is 2.75. The zero-order valence-electron chi connectivity index (χ0n) is 26.0. The molecule has 42 heavy (non-hydrogen) atoms.